The maximum atomic E-state index is 11.7. The van der Waals surface area contributed by atoms with Gasteiger partial charge >= 0.3 is 5.97 Å². The summed E-state index contributed by atoms with van der Waals surface area (Å²) in [5.74, 6) is -0.580. The number of rotatable bonds is 4. The molecule has 0 aliphatic heterocycles. The van der Waals surface area contributed by atoms with Crippen LogP contribution in [0, 0.1) is 0 Å². The van der Waals surface area contributed by atoms with Gasteiger partial charge in [0.1, 0.15) is 0 Å². The maximum Gasteiger partial charge on any atom is 0.365 e. The first-order valence-corrected chi connectivity index (χ1v) is 7.31. The van der Waals surface area contributed by atoms with E-state index in [1.807, 2.05) is 0 Å². The van der Waals surface area contributed by atoms with Crippen molar-refractivity contribution in [1.29, 1.82) is 0 Å². The van der Waals surface area contributed by atoms with Crippen molar-refractivity contribution in [3.8, 4) is 0 Å². The van der Waals surface area contributed by atoms with E-state index in [0.29, 0.717) is 20.6 Å². The molecule has 112 valence electrons. The fourth-order valence-corrected chi connectivity index (χ4v) is 1.95. The van der Waals surface area contributed by atoms with Crippen molar-refractivity contribution >= 4 is 52.0 Å². The largest absolute Gasteiger partial charge is 0.365 e. The Morgan fingerprint density at radius 3 is 1.95 bits per heavy atom. The van der Waals surface area contributed by atoms with Crippen LogP contribution in [0.15, 0.2) is 59.8 Å². The summed E-state index contributed by atoms with van der Waals surface area (Å²) in [5, 5.41) is 5.17. The molecule has 0 heterocycles. The Balaban J connectivity index is 1.94. The van der Waals surface area contributed by atoms with E-state index in [1.54, 1.807) is 48.5 Å². The lowest BCUT2D eigenvalue weighted by Gasteiger charge is -1.98. The lowest BCUT2D eigenvalue weighted by atomic mass is 10.2. The molecule has 6 heteroatoms. The number of carbonyl (C=O) groups excluding carboxylic acids is 1. The molecular formula is C16H10Cl3NO2. The zero-order chi connectivity index (χ0) is 15.9. The van der Waals surface area contributed by atoms with Gasteiger partial charge in [-0.2, -0.15) is 0 Å². The fourth-order valence-electron chi connectivity index (χ4n) is 1.52. The van der Waals surface area contributed by atoms with Gasteiger partial charge in [0, 0.05) is 15.1 Å². The quantitative estimate of drug-likeness (QED) is 0.418. The molecule has 0 aliphatic rings. The van der Waals surface area contributed by atoms with E-state index in [4.69, 9.17) is 39.6 Å². The third-order valence-electron chi connectivity index (χ3n) is 2.62. The van der Waals surface area contributed by atoms with E-state index in [0.717, 1.165) is 5.56 Å². The van der Waals surface area contributed by atoms with E-state index in [9.17, 15) is 4.79 Å². The van der Waals surface area contributed by atoms with Crippen molar-refractivity contribution in [1.82, 2.24) is 0 Å². The Morgan fingerprint density at radius 1 is 0.909 bits per heavy atom. The van der Waals surface area contributed by atoms with Crippen LogP contribution >= 0.6 is 34.8 Å². The zero-order valence-corrected chi connectivity index (χ0v) is 13.4. The number of oxime groups is 1. The second-order valence-corrected chi connectivity index (χ2v) is 5.44. The van der Waals surface area contributed by atoms with Crippen molar-refractivity contribution in [2.75, 3.05) is 0 Å². The first kappa shape index (κ1) is 16.6. The highest BCUT2D eigenvalue weighted by molar-refractivity contribution is 6.49. The van der Waals surface area contributed by atoms with Gasteiger partial charge in [-0.25, -0.2) is 4.79 Å². The molecule has 0 aromatic heterocycles. The number of nitrogens with zero attached hydrogens (tertiary/aromatic N) is 1. The van der Waals surface area contributed by atoms with Gasteiger partial charge in [0.2, 0.25) is 0 Å². The molecule has 0 saturated heterocycles. The molecule has 0 unspecified atom stereocenters. The lowest BCUT2D eigenvalue weighted by Crippen LogP contribution is -2.00. The van der Waals surface area contributed by atoms with Crippen molar-refractivity contribution in [3.05, 3.63) is 75.8 Å². The normalized spacial score (nSPS) is 11.7. The molecule has 22 heavy (non-hydrogen) atoms. The van der Waals surface area contributed by atoms with Crippen molar-refractivity contribution < 1.29 is 9.63 Å². The molecule has 0 N–H and O–H groups in total. The third-order valence-corrected chi connectivity index (χ3v) is 3.47. The second kappa shape index (κ2) is 7.99. The van der Waals surface area contributed by atoms with Gasteiger partial charge < -0.3 is 4.84 Å². The average Bonchev–Trinajstić information content (AvgIpc) is 2.52. The molecule has 0 fully saturated rings. The van der Waals surface area contributed by atoms with Crippen molar-refractivity contribution in [2.24, 2.45) is 5.16 Å². The highest BCUT2D eigenvalue weighted by atomic mass is 35.5. The van der Waals surface area contributed by atoms with Crippen LogP contribution < -0.4 is 0 Å². The Morgan fingerprint density at radius 2 is 1.41 bits per heavy atom. The topological polar surface area (TPSA) is 38.7 Å². The summed E-state index contributed by atoms with van der Waals surface area (Å²) >= 11 is 17.6. The van der Waals surface area contributed by atoms with E-state index in [2.05, 4.69) is 5.16 Å². The van der Waals surface area contributed by atoms with Crippen molar-refractivity contribution in [3.63, 3.8) is 0 Å². The average molecular weight is 355 g/mol. The molecule has 0 radical (unpaired) electrons. The molecule has 2 rings (SSSR count). The molecule has 0 amide bonds. The molecule has 0 saturated carbocycles. The summed E-state index contributed by atoms with van der Waals surface area (Å²) in [4.78, 5) is 16.4. The standard InChI is InChI=1S/C16H10Cl3NO2/c17-13-5-1-11(2-6-13)15(19)9-10-20-22-16(21)12-3-7-14(18)8-4-12/h1-10H/b15-9+,20-10?. The molecule has 0 spiro atoms. The van der Waals surface area contributed by atoms with Gasteiger partial charge in [0.25, 0.3) is 0 Å². The Kier molecular flexibility index (Phi) is 6.01. The lowest BCUT2D eigenvalue weighted by molar-refractivity contribution is 0.0519. The monoisotopic (exact) mass is 353 g/mol. The summed E-state index contributed by atoms with van der Waals surface area (Å²) in [6, 6.07) is 13.3. The second-order valence-electron chi connectivity index (χ2n) is 4.16. The summed E-state index contributed by atoms with van der Waals surface area (Å²) in [6.45, 7) is 0. The minimum Gasteiger partial charge on any atom is -0.313 e. The van der Waals surface area contributed by atoms with Gasteiger partial charge in [-0.1, -0.05) is 52.1 Å². The Labute approximate surface area is 142 Å². The van der Waals surface area contributed by atoms with E-state index < -0.39 is 5.97 Å². The number of benzene rings is 2. The van der Waals surface area contributed by atoms with Gasteiger partial charge in [0.05, 0.1) is 11.8 Å². The molecule has 3 nitrogen and oxygen atoms in total. The summed E-state index contributed by atoms with van der Waals surface area (Å²) in [5.41, 5.74) is 1.14. The van der Waals surface area contributed by atoms with Gasteiger partial charge in [-0.15, -0.1) is 0 Å². The predicted molar refractivity (Wildman–Crippen MR) is 90.6 cm³/mol. The molecule has 2 aromatic rings. The third kappa shape index (κ3) is 4.88. The van der Waals surface area contributed by atoms with Crippen LogP contribution in [0.4, 0.5) is 0 Å². The molecule has 0 bridgehead atoms. The van der Waals surface area contributed by atoms with Gasteiger partial charge in [-0.3, -0.25) is 0 Å². The van der Waals surface area contributed by atoms with E-state index in [-0.39, 0.29) is 0 Å². The SMILES string of the molecule is O=C(ON=C/C=C(/Cl)c1ccc(Cl)cc1)c1ccc(Cl)cc1. The number of allylic oxidation sites excluding steroid dienone is 1. The van der Waals surface area contributed by atoms with Crippen LogP contribution in [0.5, 0.6) is 0 Å². The summed E-state index contributed by atoms with van der Waals surface area (Å²) in [7, 11) is 0. The van der Waals surface area contributed by atoms with Crippen LogP contribution in [-0.2, 0) is 4.84 Å². The molecule has 0 aliphatic carbocycles. The number of hydrogen-bond donors (Lipinski definition) is 0. The minimum atomic E-state index is -0.580. The van der Waals surface area contributed by atoms with E-state index in [1.165, 1.54) is 12.3 Å². The summed E-state index contributed by atoms with van der Waals surface area (Å²) < 4.78 is 0. The molecule has 0 atom stereocenters. The van der Waals surface area contributed by atoms with Crippen LogP contribution in [0.2, 0.25) is 10.0 Å². The Hall–Kier alpha value is -1.81. The van der Waals surface area contributed by atoms with Crippen LogP contribution in [0.1, 0.15) is 15.9 Å². The highest BCUT2D eigenvalue weighted by Gasteiger charge is 2.05. The van der Waals surface area contributed by atoms with Crippen LogP contribution in [0.3, 0.4) is 0 Å². The first-order chi connectivity index (χ1) is 10.6. The van der Waals surface area contributed by atoms with Gasteiger partial charge in [0.15, 0.2) is 0 Å². The number of halogens is 3. The van der Waals surface area contributed by atoms with E-state index >= 15 is 0 Å². The summed E-state index contributed by atoms with van der Waals surface area (Å²) in [6.07, 6.45) is 2.81. The smallest absolute Gasteiger partial charge is 0.313 e. The van der Waals surface area contributed by atoms with Crippen molar-refractivity contribution in [2.45, 2.75) is 0 Å². The number of carbonyl (C=O) groups is 1. The molecular weight excluding hydrogens is 345 g/mol. The predicted octanol–water partition coefficient (Wildman–Crippen LogP) is 5.42. The fraction of sp³-hybridized carbons (Fsp3) is 0. The minimum absolute atomic E-state index is 0.356. The number of hydrogen-bond acceptors (Lipinski definition) is 3. The zero-order valence-electron chi connectivity index (χ0n) is 11.2. The van der Waals surface area contributed by atoms with Gasteiger partial charge in [-0.05, 0) is 48.0 Å². The first-order valence-electron chi connectivity index (χ1n) is 6.18. The molecule has 2 aromatic carbocycles. The van der Waals surface area contributed by atoms with Crippen LogP contribution in [-0.4, -0.2) is 12.2 Å². The highest BCUT2D eigenvalue weighted by Crippen LogP contribution is 2.20. The Bertz CT molecular complexity index is 707. The van der Waals surface area contributed by atoms with Crippen LogP contribution in [0.25, 0.3) is 5.03 Å². The maximum absolute atomic E-state index is 11.7.